The molecule has 2 nitrogen and oxygen atoms in total. The lowest BCUT2D eigenvalue weighted by molar-refractivity contribution is 0.0924. The number of hydrogen-bond acceptors (Lipinski definition) is 3. The molecule has 1 aliphatic carbocycles. The van der Waals surface area contributed by atoms with Crippen LogP contribution in [0.5, 0.6) is 0 Å². The molecular weight excluding hydrogens is 348 g/mol. The lowest BCUT2D eigenvalue weighted by Crippen LogP contribution is -2.50. The van der Waals surface area contributed by atoms with Gasteiger partial charge in [-0.2, -0.15) is 5.26 Å². The second kappa shape index (κ2) is 9.13. The third-order valence-electron chi connectivity index (χ3n) is 6.19. The van der Waals surface area contributed by atoms with E-state index in [2.05, 4.69) is 43.0 Å². The molecule has 0 saturated heterocycles. The Bertz CT molecular complexity index is 733. The molecule has 144 valence electrons. The summed E-state index contributed by atoms with van der Waals surface area (Å²) in [5.74, 6) is 0.805. The Balaban J connectivity index is 1.77. The number of rotatable bonds is 5. The van der Waals surface area contributed by atoms with Gasteiger partial charge in [0.25, 0.3) is 0 Å². The fourth-order valence-corrected chi connectivity index (χ4v) is 5.01. The number of nitrogens with zero attached hydrogens (tertiary/aromatic N) is 2. The average Bonchev–Trinajstić information content (AvgIpc) is 2.67. The van der Waals surface area contributed by atoms with Crippen LogP contribution >= 0.6 is 12.6 Å². The van der Waals surface area contributed by atoms with E-state index >= 15 is 0 Å². The summed E-state index contributed by atoms with van der Waals surface area (Å²) in [7, 11) is 0. The van der Waals surface area contributed by atoms with Crippen molar-refractivity contribution in [1.29, 1.82) is 5.26 Å². The first kappa shape index (κ1) is 20.2. The van der Waals surface area contributed by atoms with E-state index in [1.807, 2.05) is 18.2 Å². The summed E-state index contributed by atoms with van der Waals surface area (Å²) in [5, 5.41) is 9.81. The van der Waals surface area contributed by atoms with E-state index in [1.165, 1.54) is 37.7 Å². The van der Waals surface area contributed by atoms with E-state index in [-0.39, 0.29) is 5.54 Å². The molecule has 1 aliphatic heterocycles. The van der Waals surface area contributed by atoms with Gasteiger partial charge >= 0.3 is 0 Å². The fraction of sp³-hybridized carbons (Fsp3) is 0.542. The molecular formula is C24H32N2S. The SMILES string of the molecule is CC1(C)CC(S)=C(/C(C#N)=C/Cc2ccccc2)CN1CC1CCCCC1. The predicted molar refractivity (Wildman–Crippen MR) is 117 cm³/mol. The maximum absolute atomic E-state index is 9.81. The normalized spacial score (nSPS) is 21.9. The Labute approximate surface area is 170 Å². The molecule has 0 spiro atoms. The standard InChI is InChI=1S/C24H32N2S/c1-24(2)15-23(27)22(18-26(24)17-20-11-7-4-8-12-20)21(16-25)14-13-19-9-5-3-6-10-19/h3,5-6,9-10,14,20,27H,4,7-8,11-13,15,17-18H2,1-2H3/b21-14+. The molecule has 0 bridgehead atoms. The highest BCUT2D eigenvalue weighted by Gasteiger charge is 2.35. The Morgan fingerprint density at radius 1 is 1.22 bits per heavy atom. The molecule has 0 amide bonds. The van der Waals surface area contributed by atoms with Gasteiger partial charge < -0.3 is 0 Å². The summed E-state index contributed by atoms with van der Waals surface area (Å²) < 4.78 is 0. The van der Waals surface area contributed by atoms with Crippen molar-refractivity contribution in [1.82, 2.24) is 4.90 Å². The molecule has 0 radical (unpaired) electrons. The summed E-state index contributed by atoms with van der Waals surface area (Å²) in [6, 6.07) is 12.8. The summed E-state index contributed by atoms with van der Waals surface area (Å²) in [6.45, 7) is 6.64. The Kier molecular flexibility index (Phi) is 6.84. The van der Waals surface area contributed by atoms with Crippen LogP contribution in [0.25, 0.3) is 0 Å². The molecule has 3 heteroatoms. The van der Waals surface area contributed by atoms with Crippen molar-refractivity contribution in [3.05, 3.63) is 58.0 Å². The Morgan fingerprint density at radius 2 is 1.93 bits per heavy atom. The van der Waals surface area contributed by atoms with Gasteiger partial charge in [-0.1, -0.05) is 55.7 Å². The predicted octanol–water partition coefficient (Wildman–Crippen LogP) is 5.93. The lowest BCUT2D eigenvalue weighted by Gasteiger charge is -2.45. The third-order valence-corrected chi connectivity index (χ3v) is 6.62. The minimum absolute atomic E-state index is 0.109. The van der Waals surface area contributed by atoms with Gasteiger partial charge in [-0.25, -0.2) is 0 Å². The second-order valence-electron chi connectivity index (χ2n) is 8.72. The van der Waals surface area contributed by atoms with Crippen LogP contribution < -0.4 is 0 Å². The van der Waals surface area contributed by atoms with E-state index < -0.39 is 0 Å². The Hall–Kier alpha value is -1.50. The van der Waals surface area contributed by atoms with Crippen molar-refractivity contribution in [2.24, 2.45) is 5.92 Å². The molecule has 1 heterocycles. The van der Waals surface area contributed by atoms with E-state index in [1.54, 1.807) is 0 Å². The molecule has 1 aromatic rings. The van der Waals surface area contributed by atoms with Crippen LogP contribution in [0.1, 0.15) is 57.9 Å². The number of benzene rings is 1. The number of thiol groups is 1. The zero-order valence-electron chi connectivity index (χ0n) is 16.7. The topological polar surface area (TPSA) is 27.0 Å². The first-order valence-corrected chi connectivity index (χ1v) is 10.7. The summed E-state index contributed by atoms with van der Waals surface area (Å²) >= 11 is 4.81. The second-order valence-corrected chi connectivity index (χ2v) is 9.26. The van der Waals surface area contributed by atoms with Crippen LogP contribution in [0.2, 0.25) is 0 Å². The molecule has 3 rings (SSSR count). The highest BCUT2D eigenvalue weighted by molar-refractivity contribution is 7.84. The highest BCUT2D eigenvalue weighted by Crippen LogP contribution is 2.37. The van der Waals surface area contributed by atoms with Crippen LogP contribution in [0, 0.1) is 17.2 Å². The minimum atomic E-state index is 0.109. The summed E-state index contributed by atoms with van der Waals surface area (Å²) in [5.41, 5.74) is 3.28. The molecule has 0 N–H and O–H groups in total. The van der Waals surface area contributed by atoms with Crippen molar-refractivity contribution in [3.8, 4) is 6.07 Å². The van der Waals surface area contributed by atoms with E-state index in [0.717, 1.165) is 47.9 Å². The van der Waals surface area contributed by atoms with Crippen molar-refractivity contribution >= 4 is 12.6 Å². The molecule has 0 unspecified atom stereocenters. The van der Waals surface area contributed by atoms with Crippen molar-refractivity contribution < 1.29 is 0 Å². The fourth-order valence-electron chi connectivity index (χ4n) is 4.43. The Morgan fingerprint density at radius 3 is 2.59 bits per heavy atom. The maximum Gasteiger partial charge on any atom is 0.0992 e. The first-order chi connectivity index (χ1) is 13.0. The van der Waals surface area contributed by atoms with Gasteiger partial charge in [0.2, 0.25) is 0 Å². The monoisotopic (exact) mass is 380 g/mol. The third kappa shape index (κ3) is 5.27. The smallest absolute Gasteiger partial charge is 0.0992 e. The molecule has 27 heavy (non-hydrogen) atoms. The van der Waals surface area contributed by atoms with Crippen molar-refractivity contribution in [2.75, 3.05) is 13.1 Å². The lowest BCUT2D eigenvalue weighted by atomic mass is 9.84. The largest absolute Gasteiger partial charge is 0.293 e. The zero-order chi connectivity index (χ0) is 19.3. The van der Waals surface area contributed by atoms with E-state index in [9.17, 15) is 5.26 Å². The van der Waals surface area contributed by atoms with Crippen LogP contribution in [-0.2, 0) is 6.42 Å². The summed E-state index contributed by atoms with van der Waals surface area (Å²) in [6.07, 6.45) is 10.6. The number of nitriles is 1. The van der Waals surface area contributed by atoms with E-state index in [4.69, 9.17) is 12.6 Å². The van der Waals surface area contributed by atoms with Gasteiger partial charge in [-0.15, -0.1) is 12.6 Å². The van der Waals surface area contributed by atoms with E-state index in [0.29, 0.717) is 0 Å². The van der Waals surface area contributed by atoms with Crippen molar-refractivity contribution in [2.45, 2.75) is 64.3 Å². The molecule has 2 aliphatic rings. The van der Waals surface area contributed by atoms with Crippen LogP contribution in [0.4, 0.5) is 0 Å². The van der Waals surface area contributed by atoms with Crippen LogP contribution in [0.15, 0.2) is 52.5 Å². The van der Waals surface area contributed by atoms with Gasteiger partial charge in [0.05, 0.1) is 11.6 Å². The van der Waals surface area contributed by atoms with Crippen molar-refractivity contribution in [3.63, 3.8) is 0 Å². The van der Waals surface area contributed by atoms with Gasteiger partial charge in [-0.05, 0) is 61.5 Å². The first-order valence-electron chi connectivity index (χ1n) is 10.3. The average molecular weight is 381 g/mol. The van der Waals surface area contributed by atoms with Crippen LogP contribution in [0.3, 0.4) is 0 Å². The molecule has 0 aromatic heterocycles. The summed E-state index contributed by atoms with van der Waals surface area (Å²) in [4.78, 5) is 3.69. The molecule has 1 saturated carbocycles. The van der Waals surface area contributed by atoms with Gasteiger partial charge in [-0.3, -0.25) is 4.90 Å². The molecule has 0 atom stereocenters. The molecule has 1 fully saturated rings. The molecule has 1 aromatic carbocycles. The number of allylic oxidation sites excluding steroid dienone is 1. The maximum atomic E-state index is 9.81. The number of hydrogen-bond donors (Lipinski definition) is 1. The quantitative estimate of drug-likeness (QED) is 0.506. The van der Waals surface area contributed by atoms with Gasteiger partial charge in [0.15, 0.2) is 0 Å². The minimum Gasteiger partial charge on any atom is -0.293 e. The van der Waals surface area contributed by atoms with Gasteiger partial charge in [0.1, 0.15) is 0 Å². The van der Waals surface area contributed by atoms with Crippen LogP contribution in [-0.4, -0.2) is 23.5 Å². The highest BCUT2D eigenvalue weighted by atomic mass is 32.1. The van der Waals surface area contributed by atoms with Gasteiger partial charge in [0, 0.05) is 18.6 Å². The zero-order valence-corrected chi connectivity index (χ0v) is 17.6.